The predicted molar refractivity (Wildman–Crippen MR) is 97.9 cm³/mol. The summed E-state index contributed by atoms with van der Waals surface area (Å²) < 4.78 is 11.2. The van der Waals surface area contributed by atoms with Crippen molar-refractivity contribution in [3.63, 3.8) is 0 Å². The number of thioether (sulfide) groups is 1. The Balaban J connectivity index is 1.92. The summed E-state index contributed by atoms with van der Waals surface area (Å²) in [6.45, 7) is 7.89. The minimum Gasteiger partial charge on any atom is -0.490 e. The summed E-state index contributed by atoms with van der Waals surface area (Å²) in [5, 5.41) is 0. The van der Waals surface area contributed by atoms with Crippen LogP contribution in [0.15, 0.2) is 23.2 Å². The normalized spacial score (nSPS) is 15.6. The van der Waals surface area contributed by atoms with Crippen LogP contribution in [0.5, 0.6) is 11.5 Å². The van der Waals surface area contributed by atoms with E-state index in [1.165, 1.54) is 5.56 Å². The zero-order valence-corrected chi connectivity index (χ0v) is 14.9. The molecule has 1 aromatic carbocycles. The summed E-state index contributed by atoms with van der Waals surface area (Å²) in [7, 11) is 0. The van der Waals surface area contributed by atoms with Gasteiger partial charge in [-0.1, -0.05) is 6.07 Å². The third-order valence-corrected chi connectivity index (χ3v) is 4.56. The van der Waals surface area contributed by atoms with Crippen LogP contribution in [0.4, 0.5) is 0 Å². The summed E-state index contributed by atoms with van der Waals surface area (Å²) >= 11 is 1.97. The van der Waals surface area contributed by atoms with Crippen LogP contribution in [0.1, 0.15) is 19.4 Å². The maximum Gasteiger partial charge on any atom is 0.191 e. The zero-order chi connectivity index (χ0) is 16.5. The molecule has 0 radical (unpaired) electrons. The highest BCUT2D eigenvalue weighted by atomic mass is 32.2. The molecule has 1 aromatic rings. The van der Waals surface area contributed by atoms with Gasteiger partial charge in [-0.05, 0) is 38.0 Å². The van der Waals surface area contributed by atoms with Crippen molar-refractivity contribution < 1.29 is 9.47 Å². The number of nitrogens with zero attached hydrogens (tertiary/aromatic N) is 2. The van der Waals surface area contributed by atoms with Gasteiger partial charge in [-0.15, -0.1) is 0 Å². The molecule has 1 heterocycles. The number of guanidine groups is 1. The maximum absolute atomic E-state index is 6.08. The summed E-state index contributed by atoms with van der Waals surface area (Å²) in [4.78, 5) is 6.68. The van der Waals surface area contributed by atoms with Gasteiger partial charge in [-0.2, -0.15) is 11.8 Å². The Bertz CT molecular complexity index is 517. The largest absolute Gasteiger partial charge is 0.490 e. The van der Waals surface area contributed by atoms with Gasteiger partial charge in [0.2, 0.25) is 0 Å². The van der Waals surface area contributed by atoms with E-state index in [2.05, 4.69) is 16.0 Å². The number of ether oxygens (including phenoxy) is 2. The van der Waals surface area contributed by atoms with Gasteiger partial charge in [0.05, 0.1) is 13.2 Å². The highest BCUT2D eigenvalue weighted by Gasteiger charge is 2.12. The first-order chi connectivity index (χ1) is 11.2. The Morgan fingerprint density at radius 2 is 1.87 bits per heavy atom. The van der Waals surface area contributed by atoms with Crippen molar-refractivity contribution in [1.82, 2.24) is 4.90 Å². The predicted octanol–water partition coefficient (Wildman–Crippen LogP) is 2.39. The van der Waals surface area contributed by atoms with E-state index in [4.69, 9.17) is 15.2 Å². The summed E-state index contributed by atoms with van der Waals surface area (Å²) in [6, 6.07) is 6.08. The molecule has 23 heavy (non-hydrogen) atoms. The van der Waals surface area contributed by atoms with Crippen molar-refractivity contribution in [1.29, 1.82) is 0 Å². The molecule has 0 aliphatic carbocycles. The second-order valence-corrected chi connectivity index (χ2v) is 6.46. The van der Waals surface area contributed by atoms with Crippen molar-refractivity contribution in [2.45, 2.75) is 20.3 Å². The minimum atomic E-state index is 0.627. The number of rotatable bonds is 7. The Kier molecular flexibility index (Phi) is 7.39. The van der Waals surface area contributed by atoms with Gasteiger partial charge in [0.25, 0.3) is 0 Å². The molecule has 0 amide bonds. The van der Waals surface area contributed by atoms with Crippen molar-refractivity contribution in [2.75, 3.05) is 44.4 Å². The Morgan fingerprint density at radius 3 is 2.57 bits per heavy atom. The van der Waals surface area contributed by atoms with Crippen LogP contribution in [-0.4, -0.2) is 55.2 Å². The molecule has 128 valence electrons. The number of benzene rings is 1. The number of hydrogen-bond donors (Lipinski definition) is 1. The number of nitrogens with two attached hydrogens (primary N) is 1. The monoisotopic (exact) mass is 337 g/mol. The van der Waals surface area contributed by atoms with Gasteiger partial charge in [-0.3, -0.25) is 4.99 Å². The zero-order valence-electron chi connectivity index (χ0n) is 14.1. The average molecular weight is 337 g/mol. The van der Waals surface area contributed by atoms with E-state index < -0.39 is 0 Å². The summed E-state index contributed by atoms with van der Waals surface area (Å²) in [5.41, 5.74) is 7.26. The Hall–Kier alpha value is -1.56. The molecule has 0 aromatic heterocycles. The van der Waals surface area contributed by atoms with Crippen LogP contribution in [0, 0.1) is 0 Å². The summed E-state index contributed by atoms with van der Waals surface area (Å²) in [5.74, 6) is 4.53. The van der Waals surface area contributed by atoms with Crippen LogP contribution < -0.4 is 15.2 Å². The molecule has 2 rings (SSSR count). The standard InChI is InChI=1S/C17H27N3O2S/c1-3-21-15-6-5-14(13-16(15)22-4-2)7-8-19-17(18)20-9-11-23-12-10-20/h5-6,13H,3-4,7-12H2,1-2H3,(H2,18,19). The lowest BCUT2D eigenvalue weighted by Gasteiger charge is -2.27. The molecule has 1 aliphatic rings. The topological polar surface area (TPSA) is 60.1 Å². The fourth-order valence-corrected chi connectivity index (χ4v) is 3.35. The molecule has 0 unspecified atom stereocenters. The smallest absolute Gasteiger partial charge is 0.191 e. The van der Waals surface area contributed by atoms with Crippen LogP contribution in [0.2, 0.25) is 0 Å². The Morgan fingerprint density at radius 1 is 1.17 bits per heavy atom. The van der Waals surface area contributed by atoms with Gasteiger partial charge in [0.1, 0.15) is 0 Å². The van der Waals surface area contributed by atoms with E-state index in [9.17, 15) is 0 Å². The van der Waals surface area contributed by atoms with E-state index in [0.29, 0.717) is 25.7 Å². The molecule has 0 atom stereocenters. The van der Waals surface area contributed by atoms with E-state index in [-0.39, 0.29) is 0 Å². The second-order valence-electron chi connectivity index (χ2n) is 5.24. The van der Waals surface area contributed by atoms with Crippen LogP contribution >= 0.6 is 11.8 Å². The molecule has 0 saturated carbocycles. The fraction of sp³-hybridized carbons (Fsp3) is 0.588. The first kappa shape index (κ1) is 17.8. The molecule has 1 fully saturated rings. The van der Waals surface area contributed by atoms with Crippen molar-refractivity contribution >= 4 is 17.7 Å². The first-order valence-corrected chi connectivity index (χ1v) is 9.41. The third kappa shape index (κ3) is 5.53. The van der Waals surface area contributed by atoms with Gasteiger partial charge >= 0.3 is 0 Å². The van der Waals surface area contributed by atoms with Crippen molar-refractivity contribution in [3.05, 3.63) is 23.8 Å². The van der Waals surface area contributed by atoms with Gasteiger partial charge in [0, 0.05) is 31.1 Å². The van der Waals surface area contributed by atoms with E-state index >= 15 is 0 Å². The molecular formula is C17H27N3O2S. The molecule has 6 heteroatoms. The molecule has 2 N–H and O–H groups in total. The van der Waals surface area contributed by atoms with Crippen LogP contribution in [-0.2, 0) is 6.42 Å². The molecule has 0 bridgehead atoms. The molecule has 1 saturated heterocycles. The van der Waals surface area contributed by atoms with Gasteiger partial charge < -0.3 is 20.1 Å². The SMILES string of the molecule is CCOc1ccc(CCN=C(N)N2CCSCC2)cc1OCC. The minimum absolute atomic E-state index is 0.627. The Labute approximate surface area is 143 Å². The third-order valence-electron chi connectivity index (χ3n) is 3.62. The molecule has 1 aliphatic heterocycles. The van der Waals surface area contributed by atoms with Crippen molar-refractivity contribution in [2.24, 2.45) is 10.7 Å². The lowest BCUT2D eigenvalue weighted by Crippen LogP contribution is -2.42. The van der Waals surface area contributed by atoms with E-state index in [1.54, 1.807) is 0 Å². The average Bonchev–Trinajstić information content (AvgIpc) is 2.58. The highest BCUT2D eigenvalue weighted by molar-refractivity contribution is 7.99. The second kappa shape index (κ2) is 9.55. The summed E-state index contributed by atoms with van der Waals surface area (Å²) in [6.07, 6.45) is 0.843. The maximum atomic E-state index is 6.08. The number of aliphatic imine (C=N–C) groups is 1. The quantitative estimate of drug-likeness (QED) is 0.611. The van der Waals surface area contributed by atoms with Crippen LogP contribution in [0.25, 0.3) is 0 Å². The first-order valence-electron chi connectivity index (χ1n) is 8.25. The molecule has 5 nitrogen and oxygen atoms in total. The fourth-order valence-electron chi connectivity index (χ4n) is 2.44. The molecular weight excluding hydrogens is 310 g/mol. The van der Waals surface area contributed by atoms with Gasteiger partial charge in [0.15, 0.2) is 17.5 Å². The lowest BCUT2D eigenvalue weighted by atomic mass is 10.1. The number of hydrogen-bond acceptors (Lipinski definition) is 4. The van der Waals surface area contributed by atoms with Gasteiger partial charge in [-0.25, -0.2) is 0 Å². The molecule has 0 spiro atoms. The lowest BCUT2D eigenvalue weighted by molar-refractivity contribution is 0.287. The van der Waals surface area contributed by atoms with Crippen LogP contribution in [0.3, 0.4) is 0 Å². The highest BCUT2D eigenvalue weighted by Crippen LogP contribution is 2.28. The van der Waals surface area contributed by atoms with E-state index in [0.717, 1.165) is 42.5 Å². The van der Waals surface area contributed by atoms with E-state index in [1.807, 2.05) is 37.7 Å². The van der Waals surface area contributed by atoms with Crippen molar-refractivity contribution in [3.8, 4) is 11.5 Å².